The molecule has 2 rings (SSSR count). The van der Waals surface area contributed by atoms with Crippen LogP contribution in [0, 0.1) is 0 Å². The lowest BCUT2D eigenvalue weighted by atomic mass is 10.4. The standard InChI is InChI=1S/C9H15N5O3S/c10-9-7(5-11-13-9)18(16,17)12-6-8(15)14-3-1-2-4-14/h5,12H,1-4,6H2,(H3,10,11,13). The molecule has 100 valence electrons. The van der Waals surface area contributed by atoms with Crippen molar-refractivity contribution >= 4 is 21.7 Å². The third-order valence-corrected chi connectivity index (χ3v) is 4.22. The second-order valence-electron chi connectivity index (χ2n) is 4.06. The fourth-order valence-electron chi connectivity index (χ4n) is 1.81. The minimum Gasteiger partial charge on any atom is -0.383 e. The van der Waals surface area contributed by atoms with E-state index in [1.165, 1.54) is 0 Å². The summed E-state index contributed by atoms with van der Waals surface area (Å²) in [6.45, 7) is 1.12. The number of amides is 1. The Labute approximate surface area is 105 Å². The first-order valence-electron chi connectivity index (χ1n) is 5.57. The maximum Gasteiger partial charge on any atom is 0.246 e. The summed E-state index contributed by atoms with van der Waals surface area (Å²) in [6.07, 6.45) is 3.04. The molecule has 0 unspecified atom stereocenters. The number of hydrogen-bond donors (Lipinski definition) is 3. The number of carbonyl (C=O) groups excluding carboxylic acids is 1. The van der Waals surface area contributed by atoms with E-state index in [9.17, 15) is 13.2 Å². The van der Waals surface area contributed by atoms with Crippen molar-refractivity contribution in [3.8, 4) is 0 Å². The number of likely N-dealkylation sites (tertiary alicyclic amines) is 1. The number of anilines is 1. The topological polar surface area (TPSA) is 121 Å². The second kappa shape index (κ2) is 4.94. The SMILES string of the molecule is Nc1[nH]ncc1S(=O)(=O)NCC(=O)N1CCCC1. The maximum atomic E-state index is 11.8. The predicted octanol–water partition coefficient (Wildman–Crippen LogP) is -1.11. The molecule has 2 heterocycles. The minimum absolute atomic E-state index is 0.0453. The molecule has 0 aliphatic carbocycles. The van der Waals surface area contributed by atoms with Crippen LogP contribution in [0.25, 0.3) is 0 Å². The molecule has 1 aromatic rings. The molecule has 0 saturated carbocycles. The largest absolute Gasteiger partial charge is 0.383 e. The number of aromatic amines is 1. The highest BCUT2D eigenvalue weighted by molar-refractivity contribution is 7.89. The van der Waals surface area contributed by atoms with E-state index in [2.05, 4.69) is 14.9 Å². The van der Waals surface area contributed by atoms with Crippen molar-refractivity contribution in [2.45, 2.75) is 17.7 Å². The molecule has 9 heteroatoms. The van der Waals surface area contributed by atoms with E-state index >= 15 is 0 Å². The van der Waals surface area contributed by atoms with Crippen LogP contribution in [0.15, 0.2) is 11.1 Å². The Morgan fingerprint density at radius 2 is 2.17 bits per heavy atom. The van der Waals surface area contributed by atoms with Crippen LogP contribution >= 0.6 is 0 Å². The molecule has 0 bridgehead atoms. The summed E-state index contributed by atoms with van der Waals surface area (Å²) in [4.78, 5) is 13.2. The summed E-state index contributed by atoms with van der Waals surface area (Å²) in [5.41, 5.74) is 5.42. The van der Waals surface area contributed by atoms with E-state index in [1.807, 2.05) is 0 Å². The average Bonchev–Trinajstić information content (AvgIpc) is 2.96. The predicted molar refractivity (Wildman–Crippen MR) is 64.0 cm³/mol. The van der Waals surface area contributed by atoms with Crippen molar-refractivity contribution in [3.05, 3.63) is 6.20 Å². The number of rotatable bonds is 4. The van der Waals surface area contributed by atoms with Crippen molar-refractivity contribution in [1.82, 2.24) is 19.8 Å². The van der Waals surface area contributed by atoms with Gasteiger partial charge in [0.05, 0.1) is 12.7 Å². The minimum atomic E-state index is -3.79. The summed E-state index contributed by atoms with van der Waals surface area (Å²) in [6, 6.07) is 0. The Kier molecular flexibility index (Phi) is 3.53. The van der Waals surface area contributed by atoms with Gasteiger partial charge in [0.1, 0.15) is 10.7 Å². The van der Waals surface area contributed by atoms with E-state index in [4.69, 9.17) is 5.73 Å². The molecule has 0 spiro atoms. The molecule has 8 nitrogen and oxygen atoms in total. The number of nitrogens with two attached hydrogens (primary N) is 1. The highest BCUT2D eigenvalue weighted by atomic mass is 32.2. The van der Waals surface area contributed by atoms with E-state index in [1.54, 1.807) is 4.90 Å². The lowest BCUT2D eigenvalue weighted by Gasteiger charge is -2.15. The van der Waals surface area contributed by atoms with Gasteiger partial charge in [0.2, 0.25) is 15.9 Å². The van der Waals surface area contributed by atoms with Gasteiger partial charge in [-0.2, -0.15) is 5.10 Å². The summed E-state index contributed by atoms with van der Waals surface area (Å²) in [7, 11) is -3.79. The van der Waals surface area contributed by atoms with Crippen molar-refractivity contribution in [2.24, 2.45) is 0 Å². The first-order chi connectivity index (χ1) is 8.50. The summed E-state index contributed by atoms with van der Waals surface area (Å²) in [5.74, 6) is -0.269. The normalized spacial score (nSPS) is 16.1. The Morgan fingerprint density at radius 3 is 2.72 bits per heavy atom. The summed E-state index contributed by atoms with van der Waals surface area (Å²) < 4.78 is 25.8. The van der Waals surface area contributed by atoms with Gasteiger partial charge in [-0.3, -0.25) is 9.89 Å². The smallest absolute Gasteiger partial charge is 0.246 e. The molecular formula is C9H15N5O3S. The zero-order valence-electron chi connectivity index (χ0n) is 9.72. The van der Waals surface area contributed by atoms with Crippen molar-refractivity contribution in [3.63, 3.8) is 0 Å². The van der Waals surface area contributed by atoms with Gasteiger partial charge in [0, 0.05) is 13.1 Å². The number of H-pyrrole nitrogens is 1. The third-order valence-electron chi connectivity index (χ3n) is 2.79. The molecule has 1 fully saturated rings. The Balaban J connectivity index is 1.97. The number of hydrogen-bond acceptors (Lipinski definition) is 5. The summed E-state index contributed by atoms with van der Waals surface area (Å²) in [5, 5.41) is 5.86. The third kappa shape index (κ3) is 2.62. The van der Waals surface area contributed by atoms with Crippen LogP contribution in [0.2, 0.25) is 0 Å². The van der Waals surface area contributed by atoms with Crippen LogP contribution in [0.4, 0.5) is 5.82 Å². The highest BCUT2D eigenvalue weighted by Gasteiger charge is 2.23. The molecule has 1 aliphatic heterocycles. The van der Waals surface area contributed by atoms with Gasteiger partial charge in [-0.05, 0) is 12.8 Å². The van der Waals surface area contributed by atoms with Crippen LogP contribution in [-0.2, 0) is 14.8 Å². The molecule has 4 N–H and O–H groups in total. The second-order valence-corrected chi connectivity index (χ2v) is 5.80. The molecule has 1 amide bonds. The number of carbonyl (C=O) groups is 1. The van der Waals surface area contributed by atoms with E-state index < -0.39 is 10.0 Å². The zero-order valence-corrected chi connectivity index (χ0v) is 10.5. The van der Waals surface area contributed by atoms with Gasteiger partial charge < -0.3 is 10.6 Å². The maximum absolute atomic E-state index is 11.8. The Bertz CT molecular complexity index is 532. The van der Waals surface area contributed by atoms with E-state index in [0.29, 0.717) is 13.1 Å². The lowest BCUT2D eigenvalue weighted by molar-refractivity contribution is -0.128. The van der Waals surface area contributed by atoms with E-state index in [0.717, 1.165) is 19.0 Å². The van der Waals surface area contributed by atoms with Crippen LogP contribution in [0.5, 0.6) is 0 Å². The molecule has 0 aromatic carbocycles. The van der Waals surface area contributed by atoms with Crippen LogP contribution < -0.4 is 10.5 Å². The van der Waals surface area contributed by atoms with Gasteiger partial charge in [0.15, 0.2) is 0 Å². The number of nitrogens with zero attached hydrogens (tertiary/aromatic N) is 2. The van der Waals surface area contributed by atoms with Gasteiger partial charge >= 0.3 is 0 Å². The van der Waals surface area contributed by atoms with Crippen LogP contribution in [0.3, 0.4) is 0 Å². The van der Waals surface area contributed by atoms with Gasteiger partial charge in [-0.15, -0.1) is 0 Å². The highest BCUT2D eigenvalue weighted by Crippen LogP contribution is 2.13. The number of aromatic nitrogens is 2. The van der Waals surface area contributed by atoms with E-state index in [-0.39, 0.29) is 23.2 Å². The fourth-order valence-corrected chi connectivity index (χ4v) is 2.81. The molecule has 0 atom stereocenters. The Hall–Kier alpha value is -1.61. The monoisotopic (exact) mass is 273 g/mol. The number of sulfonamides is 1. The first-order valence-corrected chi connectivity index (χ1v) is 7.05. The molecule has 1 aliphatic rings. The molecule has 1 aromatic heterocycles. The average molecular weight is 273 g/mol. The van der Waals surface area contributed by atoms with Crippen molar-refractivity contribution in [2.75, 3.05) is 25.4 Å². The van der Waals surface area contributed by atoms with Crippen molar-refractivity contribution < 1.29 is 13.2 Å². The van der Waals surface area contributed by atoms with Crippen LogP contribution in [0.1, 0.15) is 12.8 Å². The fraction of sp³-hybridized carbons (Fsp3) is 0.556. The Morgan fingerprint density at radius 1 is 1.50 bits per heavy atom. The summed E-state index contributed by atoms with van der Waals surface area (Å²) >= 11 is 0. The van der Waals surface area contributed by atoms with Crippen molar-refractivity contribution in [1.29, 1.82) is 0 Å². The van der Waals surface area contributed by atoms with Gasteiger partial charge in [0.25, 0.3) is 0 Å². The van der Waals surface area contributed by atoms with Gasteiger partial charge in [-0.1, -0.05) is 0 Å². The molecule has 18 heavy (non-hydrogen) atoms. The quantitative estimate of drug-likeness (QED) is 0.642. The zero-order chi connectivity index (χ0) is 13.2. The molecule has 0 radical (unpaired) electrons. The number of nitrogens with one attached hydrogen (secondary N) is 2. The first kappa shape index (κ1) is 12.8. The number of nitrogen functional groups attached to an aromatic ring is 1. The molecular weight excluding hydrogens is 258 g/mol. The molecule has 1 saturated heterocycles. The van der Waals surface area contributed by atoms with Gasteiger partial charge in [-0.25, -0.2) is 13.1 Å². The lowest BCUT2D eigenvalue weighted by Crippen LogP contribution is -2.38. The van der Waals surface area contributed by atoms with Crippen LogP contribution in [-0.4, -0.2) is 49.1 Å².